The van der Waals surface area contributed by atoms with E-state index in [1.165, 1.54) is 17.0 Å². The van der Waals surface area contributed by atoms with Crippen LogP contribution < -0.4 is 21.7 Å². The van der Waals surface area contributed by atoms with Gasteiger partial charge in [0.05, 0.1) is 6.04 Å². The Kier molecular flexibility index (Phi) is 12.1. The molecule has 0 bridgehead atoms. The third-order valence-corrected chi connectivity index (χ3v) is 8.22. The van der Waals surface area contributed by atoms with Gasteiger partial charge in [-0.05, 0) is 57.2 Å². The molecule has 0 aromatic rings. The Labute approximate surface area is 249 Å². The van der Waals surface area contributed by atoms with E-state index in [1.54, 1.807) is 0 Å². The van der Waals surface area contributed by atoms with Crippen LogP contribution in [0, 0.1) is 16.7 Å². The van der Waals surface area contributed by atoms with Gasteiger partial charge in [-0.3, -0.25) is 19.2 Å². The van der Waals surface area contributed by atoms with Crippen LogP contribution in [-0.4, -0.2) is 101 Å². The topological polar surface area (TPSA) is 157 Å². The van der Waals surface area contributed by atoms with Crippen molar-refractivity contribution in [1.82, 2.24) is 29.5 Å². The average molecular weight is 598 g/mol. The van der Waals surface area contributed by atoms with Gasteiger partial charge < -0.3 is 26.6 Å². The molecule has 0 spiro atoms. The summed E-state index contributed by atoms with van der Waals surface area (Å²) in [5.41, 5.74) is 4.32. The van der Waals surface area contributed by atoms with Crippen molar-refractivity contribution in [3.8, 4) is 0 Å². The maximum Gasteiger partial charge on any atom is 0.315 e. The number of likely N-dealkylation sites (N-methyl/N-ethyl adjacent to an activating group) is 1. The second-order valence-corrected chi connectivity index (χ2v) is 15.2. The third-order valence-electron chi connectivity index (χ3n) is 7.46. The van der Waals surface area contributed by atoms with Crippen molar-refractivity contribution in [2.24, 2.45) is 22.5 Å². The Hall–Kier alpha value is -2.38. The summed E-state index contributed by atoms with van der Waals surface area (Å²) >= 11 is 1.53. The van der Waals surface area contributed by atoms with Crippen LogP contribution in [-0.2, 0) is 19.2 Å². The highest BCUT2D eigenvalue weighted by Gasteiger charge is 2.43. The number of urea groups is 1. The molecular weight excluding hydrogens is 546 g/mol. The first-order valence-electron chi connectivity index (χ1n) is 14.4. The summed E-state index contributed by atoms with van der Waals surface area (Å²) in [5.74, 6) is -2.48. The molecular formula is C28H51N7O5S. The van der Waals surface area contributed by atoms with Gasteiger partial charge in [-0.25, -0.2) is 13.4 Å². The standard InChI is InChI=1S/C28H51N7O5S/c1-27(2,3)20(16-34(9)41-33(7)8)31-26(40)32-22(28(4,5)6)25(39)35-14-10-11-19(35)24(38)30-18(15-17-12-13-17)21(36)23(29)37/h17-20,22H,10-16H2,1-9H3,(H2,29,37)(H,30,38)(H2,31,32,40). The van der Waals surface area contributed by atoms with Gasteiger partial charge in [-0.1, -0.05) is 54.4 Å². The van der Waals surface area contributed by atoms with Crippen molar-refractivity contribution in [1.29, 1.82) is 0 Å². The normalized spacial score (nSPS) is 20.0. The predicted molar refractivity (Wildman–Crippen MR) is 160 cm³/mol. The number of rotatable bonds is 13. The number of primary amides is 1. The zero-order valence-corrected chi connectivity index (χ0v) is 27.0. The zero-order valence-electron chi connectivity index (χ0n) is 26.2. The van der Waals surface area contributed by atoms with E-state index in [9.17, 15) is 24.0 Å². The number of nitrogens with zero attached hydrogens (tertiary/aromatic N) is 3. The van der Waals surface area contributed by atoms with Crippen LogP contribution in [0.3, 0.4) is 0 Å². The lowest BCUT2D eigenvalue weighted by Crippen LogP contribution is -2.61. The smallest absolute Gasteiger partial charge is 0.315 e. The molecule has 0 aromatic carbocycles. The molecule has 1 aliphatic carbocycles. The summed E-state index contributed by atoms with van der Waals surface area (Å²) in [6.07, 6.45) is 3.26. The molecule has 5 N–H and O–H groups in total. The lowest BCUT2D eigenvalue weighted by molar-refractivity contribution is -0.143. The van der Waals surface area contributed by atoms with Crippen LogP contribution in [0.5, 0.6) is 0 Å². The monoisotopic (exact) mass is 597 g/mol. The van der Waals surface area contributed by atoms with Gasteiger partial charge in [0.1, 0.15) is 12.1 Å². The van der Waals surface area contributed by atoms with E-state index >= 15 is 0 Å². The van der Waals surface area contributed by atoms with E-state index in [4.69, 9.17) is 5.73 Å². The number of Topliss-reactive ketones (excluding diaryl/α,β-unsaturated/α-hetero) is 1. The highest BCUT2D eigenvalue weighted by molar-refractivity contribution is 7.94. The Bertz CT molecular complexity index is 974. The molecule has 4 atom stereocenters. The second-order valence-electron chi connectivity index (χ2n) is 13.7. The van der Waals surface area contributed by atoms with Crippen molar-refractivity contribution >= 4 is 41.7 Å². The number of nitrogens with one attached hydrogen (secondary N) is 3. The molecule has 5 amide bonds. The van der Waals surface area contributed by atoms with Gasteiger partial charge in [0.2, 0.25) is 17.6 Å². The lowest BCUT2D eigenvalue weighted by Gasteiger charge is -2.38. The SMILES string of the molecule is CN(C)SN(C)CC(NC(=O)NC(C(=O)N1CCCC1C(=O)NC(CC1CC1)C(=O)C(N)=O)C(C)(C)C)C(C)(C)C. The number of hydrogen-bond acceptors (Lipinski definition) is 8. The van der Waals surface area contributed by atoms with E-state index in [0.29, 0.717) is 32.4 Å². The van der Waals surface area contributed by atoms with Crippen molar-refractivity contribution in [2.75, 3.05) is 34.2 Å². The number of ketones is 1. The molecule has 41 heavy (non-hydrogen) atoms. The molecule has 234 valence electrons. The second kappa shape index (κ2) is 14.2. The van der Waals surface area contributed by atoms with Gasteiger partial charge in [0.25, 0.3) is 5.91 Å². The maximum absolute atomic E-state index is 13.9. The van der Waals surface area contributed by atoms with Crippen molar-refractivity contribution in [3.63, 3.8) is 0 Å². The van der Waals surface area contributed by atoms with Gasteiger partial charge in [0, 0.05) is 31.3 Å². The molecule has 0 radical (unpaired) electrons. The molecule has 1 saturated heterocycles. The van der Waals surface area contributed by atoms with Gasteiger partial charge in [0.15, 0.2) is 0 Å². The van der Waals surface area contributed by atoms with Crippen LogP contribution in [0.4, 0.5) is 4.79 Å². The first-order chi connectivity index (χ1) is 18.8. The minimum atomic E-state index is -1.08. The summed E-state index contributed by atoms with van der Waals surface area (Å²) in [6, 6.07) is -3.38. The van der Waals surface area contributed by atoms with Gasteiger partial charge in [-0.15, -0.1) is 0 Å². The number of carbonyl (C=O) groups is 5. The van der Waals surface area contributed by atoms with Gasteiger partial charge in [-0.2, -0.15) is 0 Å². The molecule has 2 rings (SSSR count). The molecule has 2 fully saturated rings. The van der Waals surface area contributed by atoms with Crippen molar-refractivity contribution in [3.05, 3.63) is 0 Å². The quantitative estimate of drug-likeness (QED) is 0.184. The van der Waals surface area contributed by atoms with Crippen LogP contribution >= 0.6 is 12.1 Å². The summed E-state index contributed by atoms with van der Waals surface area (Å²) < 4.78 is 4.00. The Morgan fingerprint density at radius 3 is 2.02 bits per heavy atom. The molecule has 1 aliphatic heterocycles. The summed E-state index contributed by atoms with van der Waals surface area (Å²) in [6.45, 7) is 12.7. The summed E-state index contributed by atoms with van der Waals surface area (Å²) in [5, 5.41) is 8.65. The molecule has 12 nitrogen and oxygen atoms in total. The number of nitrogens with two attached hydrogens (primary N) is 1. The fraction of sp³-hybridized carbons (Fsp3) is 0.821. The van der Waals surface area contributed by atoms with Gasteiger partial charge >= 0.3 is 6.03 Å². The van der Waals surface area contributed by atoms with Crippen LogP contribution in [0.25, 0.3) is 0 Å². The number of hydrogen-bond donors (Lipinski definition) is 4. The Morgan fingerprint density at radius 1 is 0.927 bits per heavy atom. The Balaban J connectivity index is 2.16. The van der Waals surface area contributed by atoms with E-state index in [-0.39, 0.29) is 23.3 Å². The molecule has 1 heterocycles. The van der Waals surface area contributed by atoms with E-state index < -0.39 is 47.2 Å². The minimum Gasteiger partial charge on any atom is -0.363 e. The molecule has 0 aromatic heterocycles. The molecule has 13 heteroatoms. The highest BCUT2D eigenvalue weighted by atomic mass is 32.2. The molecule has 1 saturated carbocycles. The van der Waals surface area contributed by atoms with E-state index in [0.717, 1.165) is 12.8 Å². The maximum atomic E-state index is 13.9. The number of amides is 5. The number of carbonyl (C=O) groups excluding carboxylic acids is 5. The zero-order chi connectivity index (χ0) is 31.3. The first-order valence-corrected chi connectivity index (χ1v) is 15.1. The predicted octanol–water partition coefficient (Wildman–Crippen LogP) is 1.50. The van der Waals surface area contributed by atoms with Crippen LogP contribution in [0.1, 0.15) is 73.6 Å². The third kappa shape index (κ3) is 10.8. The average Bonchev–Trinajstić information content (AvgIpc) is 3.50. The summed E-state index contributed by atoms with van der Waals surface area (Å²) in [4.78, 5) is 65.9. The van der Waals surface area contributed by atoms with E-state index in [1.807, 2.05) is 71.3 Å². The van der Waals surface area contributed by atoms with Crippen molar-refractivity contribution in [2.45, 2.75) is 97.8 Å². The highest BCUT2D eigenvalue weighted by Crippen LogP contribution is 2.34. The van der Waals surface area contributed by atoms with Crippen LogP contribution in [0.2, 0.25) is 0 Å². The minimum absolute atomic E-state index is 0.216. The fourth-order valence-corrected chi connectivity index (χ4v) is 5.69. The van der Waals surface area contributed by atoms with Crippen LogP contribution in [0.15, 0.2) is 0 Å². The number of likely N-dealkylation sites (tertiary alicyclic amines) is 1. The molecule has 4 unspecified atom stereocenters. The Morgan fingerprint density at radius 2 is 1.54 bits per heavy atom. The largest absolute Gasteiger partial charge is 0.363 e. The lowest BCUT2D eigenvalue weighted by atomic mass is 9.85. The summed E-state index contributed by atoms with van der Waals surface area (Å²) in [7, 11) is 5.85. The molecule has 2 aliphatic rings. The van der Waals surface area contributed by atoms with Crippen molar-refractivity contribution < 1.29 is 24.0 Å². The fourth-order valence-electron chi connectivity index (χ4n) is 4.91. The van der Waals surface area contributed by atoms with E-state index in [2.05, 4.69) is 16.0 Å². The first kappa shape index (κ1) is 34.8.